The van der Waals surface area contributed by atoms with Crippen LogP contribution in [0.15, 0.2) is 48.5 Å². The van der Waals surface area contributed by atoms with Gasteiger partial charge in [-0.15, -0.1) is 0 Å². The third kappa shape index (κ3) is 5.95. The van der Waals surface area contributed by atoms with Crippen molar-refractivity contribution in [2.24, 2.45) is 5.92 Å². The number of carbonyl (C=O) groups excluding carboxylic acids is 2. The predicted octanol–water partition coefficient (Wildman–Crippen LogP) is 4.84. The molecule has 0 aliphatic heterocycles. The lowest BCUT2D eigenvalue weighted by Gasteiger charge is -2.10. The van der Waals surface area contributed by atoms with Gasteiger partial charge in [-0.05, 0) is 55.2 Å². The van der Waals surface area contributed by atoms with Crippen LogP contribution in [0.4, 0.5) is 16.2 Å². The molecule has 5 nitrogen and oxygen atoms in total. The van der Waals surface area contributed by atoms with Crippen molar-refractivity contribution in [3.63, 3.8) is 0 Å². The van der Waals surface area contributed by atoms with Crippen LogP contribution in [-0.2, 0) is 4.74 Å². The number of carbonyl (C=O) groups is 2. The standard InChI is InChI=1S/C20H24N2O3/c1-14(2)12-13-25-19(23)16-8-10-17(11-9-16)21-20(24)22-18-7-5-4-6-15(18)3/h4-11,14H,12-13H2,1-3H3,(H2,21,22,24). The zero-order valence-corrected chi connectivity index (χ0v) is 14.8. The van der Waals surface area contributed by atoms with E-state index >= 15 is 0 Å². The molecule has 0 bridgehead atoms. The van der Waals surface area contributed by atoms with Crippen molar-refractivity contribution in [2.75, 3.05) is 17.2 Å². The largest absolute Gasteiger partial charge is 0.462 e. The molecule has 2 amide bonds. The summed E-state index contributed by atoms with van der Waals surface area (Å²) in [5.74, 6) is 0.141. The van der Waals surface area contributed by atoms with Gasteiger partial charge in [0.2, 0.25) is 0 Å². The summed E-state index contributed by atoms with van der Waals surface area (Å²) < 4.78 is 5.21. The number of anilines is 2. The average molecular weight is 340 g/mol. The van der Waals surface area contributed by atoms with Crippen molar-refractivity contribution in [1.29, 1.82) is 0 Å². The van der Waals surface area contributed by atoms with E-state index in [1.807, 2.05) is 31.2 Å². The van der Waals surface area contributed by atoms with Crippen LogP contribution in [0, 0.1) is 12.8 Å². The van der Waals surface area contributed by atoms with Crippen LogP contribution in [0.1, 0.15) is 36.2 Å². The molecule has 0 saturated carbocycles. The molecule has 0 atom stereocenters. The lowest BCUT2D eigenvalue weighted by Crippen LogP contribution is -2.20. The van der Waals surface area contributed by atoms with Crippen molar-refractivity contribution >= 4 is 23.4 Å². The maximum atomic E-state index is 12.0. The van der Waals surface area contributed by atoms with Gasteiger partial charge in [0.15, 0.2) is 0 Å². The van der Waals surface area contributed by atoms with E-state index in [1.165, 1.54) is 0 Å². The first-order valence-corrected chi connectivity index (χ1v) is 8.36. The molecule has 2 aromatic rings. The van der Waals surface area contributed by atoms with Gasteiger partial charge in [-0.3, -0.25) is 0 Å². The summed E-state index contributed by atoms with van der Waals surface area (Å²) in [4.78, 5) is 24.0. The molecule has 0 radical (unpaired) electrons. The van der Waals surface area contributed by atoms with Crippen LogP contribution in [-0.4, -0.2) is 18.6 Å². The molecule has 25 heavy (non-hydrogen) atoms. The highest BCUT2D eigenvalue weighted by atomic mass is 16.5. The number of hydrogen-bond donors (Lipinski definition) is 2. The number of nitrogens with one attached hydrogen (secondary N) is 2. The Balaban J connectivity index is 1.88. The van der Waals surface area contributed by atoms with Gasteiger partial charge >= 0.3 is 12.0 Å². The maximum Gasteiger partial charge on any atom is 0.338 e. The molecule has 0 aromatic heterocycles. The number of urea groups is 1. The van der Waals surface area contributed by atoms with Gasteiger partial charge in [0.05, 0.1) is 12.2 Å². The second-order valence-corrected chi connectivity index (χ2v) is 6.29. The van der Waals surface area contributed by atoms with E-state index < -0.39 is 0 Å². The molecule has 2 rings (SSSR count). The zero-order valence-electron chi connectivity index (χ0n) is 14.8. The van der Waals surface area contributed by atoms with Gasteiger partial charge in [-0.2, -0.15) is 0 Å². The van der Waals surface area contributed by atoms with Crippen LogP contribution in [0.25, 0.3) is 0 Å². The van der Waals surface area contributed by atoms with Crippen LogP contribution < -0.4 is 10.6 Å². The van der Waals surface area contributed by atoms with E-state index in [0.717, 1.165) is 17.7 Å². The summed E-state index contributed by atoms with van der Waals surface area (Å²) >= 11 is 0. The number of esters is 1. The molecule has 2 aromatic carbocycles. The summed E-state index contributed by atoms with van der Waals surface area (Å²) in [6, 6.07) is 13.8. The van der Waals surface area contributed by atoms with E-state index in [2.05, 4.69) is 24.5 Å². The lowest BCUT2D eigenvalue weighted by atomic mass is 10.1. The number of para-hydroxylation sites is 1. The van der Waals surface area contributed by atoms with Gasteiger partial charge in [-0.1, -0.05) is 32.0 Å². The molecule has 0 fully saturated rings. The van der Waals surface area contributed by atoms with Gasteiger partial charge in [0.1, 0.15) is 0 Å². The number of amides is 2. The minimum absolute atomic E-state index is 0.332. The van der Waals surface area contributed by atoms with Crippen molar-refractivity contribution in [3.05, 3.63) is 59.7 Å². The number of aryl methyl sites for hydroxylation is 1. The van der Waals surface area contributed by atoms with E-state index in [0.29, 0.717) is 23.8 Å². The third-order valence-corrected chi connectivity index (χ3v) is 3.70. The van der Waals surface area contributed by atoms with Gasteiger partial charge in [0, 0.05) is 11.4 Å². The highest BCUT2D eigenvalue weighted by molar-refractivity contribution is 6.00. The van der Waals surface area contributed by atoms with Crippen molar-refractivity contribution in [3.8, 4) is 0 Å². The summed E-state index contributed by atoms with van der Waals surface area (Å²) in [6.45, 7) is 6.50. The molecule has 0 aliphatic rings. The normalized spacial score (nSPS) is 10.4. The van der Waals surface area contributed by atoms with Gasteiger partial charge in [0.25, 0.3) is 0 Å². The van der Waals surface area contributed by atoms with E-state index in [4.69, 9.17) is 4.74 Å². The quantitative estimate of drug-likeness (QED) is 0.739. The Bertz CT molecular complexity index is 724. The van der Waals surface area contributed by atoms with Crippen molar-refractivity contribution in [1.82, 2.24) is 0 Å². The number of hydrogen-bond acceptors (Lipinski definition) is 3. The number of ether oxygens (including phenoxy) is 1. The first kappa shape index (κ1) is 18.5. The first-order chi connectivity index (χ1) is 12.0. The SMILES string of the molecule is Cc1ccccc1NC(=O)Nc1ccc(C(=O)OCCC(C)C)cc1. The lowest BCUT2D eigenvalue weighted by molar-refractivity contribution is 0.0488. The van der Waals surface area contributed by atoms with Crippen LogP contribution in [0.3, 0.4) is 0 Å². The van der Waals surface area contributed by atoms with E-state index in [9.17, 15) is 9.59 Å². The fourth-order valence-electron chi connectivity index (χ4n) is 2.16. The summed E-state index contributed by atoms with van der Waals surface area (Å²) in [5, 5.41) is 5.53. The van der Waals surface area contributed by atoms with Gasteiger partial charge < -0.3 is 15.4 Å². The molecule has 0 aliphatic carbocycles. The Hall–Kier alpha value is -2.82. The Morgan fingerprint density at radius 2 is 1.68 bits per heavy atom. The molecular formula is C20H24N2O3. The van der Waals surface area contributed by atoms with Crippen LogP contribution in [0.2, 0.25) is 0 Å². The molecule has 132 valence electrons. The number of benzene rings is 2. The summed E-state index contributed by atoms with van der Waals surface area (Å²) in [5.41, 5.74) is 2.81. The predicted molar refractivity (Wildman–Crippen MR) is 100.0 cm³/mol. The average Bonchev–Trinajstić information content (AvgIpc) is 2.57. The molecule has 0 heterocycles. The zero-order chi connectivity index (χ0) is 18.2. The highest BCUT2D eigenvalue weighted by Gasteiger charge is 2.09. The molecule has 2 N–H and O–H groups in total. The van der Waals surface area contributed by atoms with Crippen molar-refractivity contribution < 1.29 is 14.3 Å². The Labute approximate surface area is 148 Å². The highest BCUT2D eigenvalue weighted by Crippen LogP contribution is 2.15. The van der Waals surface area contributed by atoms with E-state index in [1.54, 1.807) is 24.3 Å². The molecular weight excluding hydrogens is 316 g/mol. The summed E-state index contributed by atoms with van der Waals surface area (Å²) in [7, 11) is 0. The van der Waals surface area contributed by atoms with E-state index in [-0.39, 0.29) is 12.0 Å². The Morgan fingerprint density at radius 3 is 2.32 bits per heavy atom. The molecule has 5 heteroatoms. The van der Waals surface area contributed by atoms with Crippen LogP contribution in [0.5, 0.6) is 0 Å². The third-order valence-electron chi connectivity index (χ3n) is 3.70. The monoisotopic (exact) mass is 340 g/mol. The smallest absolute Gasteiger partial charge is 0.338 e. The topological polar surface area (TPSA) is 67.4 Å². The fraction of sp³-hybridized carbons (Fsp3) is 0.300. The maximum absolute atomic E-state index is 12.0. The molecule has 0 unspecified atom stereocenters. The van der Waals surface area contributed by atoms with Crippen LogP contribution >= 0.6 is 0 Å². The molecule has 0 spiro atoms. The minimum Gasteiger partial charge on any atom is -0.462 e. The van der Waals surface area contributed by atoms with Gasteiger partial charge in [-0.25, -0.2) is 9.59 Å². The summed E-state index contributed by atoms with van der Waals surface area (Å²) in [6.07, 6.45) is 0.838. The fourth-order valence-corrected chi connectivity index (χ4v) is 2.16. The second kappa shape index (κ2) is 8.87. The Morgan fingerprint density at radius 1 is 1.00 bits per heavy atom. The molecule has 0 saturated heterocycles. The number of rotatable bonds is 6. The Kier molecular flexibility index (Phi) is 6.57. The minimum atomic E-state index is -0.350. The first-order valence-electron chi connectivity index (χ1n) is 8.36. The van der Waals surface area contributed by atoms with Crippen molar-refractivity contribution in [2.45, 2.75) is 27.2 Å². The second-order valence-electron chi connectivity index (χ2n) is 6.29.